The molecule has 0 aliphatic rings. The van der Waals surface area contributed by atoms with Crippen molar-refractivity contribution in [1.82, 2.24) is 10.3 Å². The zero-order chi connectivity index (χ0) is 14.6. The molecule has 0 aliphatic heterocycles. The van der Waals surface area contributed by atoms with Crippen molar-refractivity contribution in [2.75, 3.05) is 33.5 Å². The van der Waals surface area contributed by atoms with Gasteiger partial charge in [-0.2, -0.15) is 0 Å². The highest BCUT2D eigenvalue weighted by molar-refractivity contribution is 5.92. The van der Waals surface area contributed by atoms with Gasteiger partial charge in [0.15, 0.2) is 0 Å². The molecule has 0 saturated heterocycles. The van der Waals surface area contributed by atoms with E-state index in [1.54, 1.807) is 19.4 Å². The molecule has 1 amide bonds. The summed E-state index contributed by atoms with van der Waals surface area (Å²) < 4.78 is 10.2. The van der Waals surface area contributed by atoms with Gasteiger partial charge in [-0.25, -0.2) is 0 Å². The molecule has 3 N–H and O–H groups in total. The van der Waals surface area contributed by atoms with Gasteiger partial charge in [0.05, 0.1) is 13.2 Å². The van der Waals surface area contributed by atoms with Gasteiger partial charge in [0.1, 0.15) is 5.69 Å². The van der Waals surface area contributed by atoms with Gasteiger partial charge < -0.3 is 20.5 Å². The second-order valence-electron chi connectivity index (χ2n) is 4.32. The molecule has 0 aromatic carbocycles. The van der Waals surface area contributed by atoms with Gasteiger partial charge in [-0.15, -0.1) is 0 Å². The van der Waals surface area contributed by atoms with Crippen molar-refractivity contribution >= 4 is 5.91 Å². The van der Waals surface area contributed by atoms with Crippen molar-refractivity contribution in [3.05, 3.63) is 29.6 Å². The lowest BCUT2D eigenvalue weighted by molar-refractivity contribution is 0.0686. The van der Waals surface area contributed by atoms with Crippen LogP contribution in [0.3, 0.4) is 0 Å². The molecule has 6 nitrogen and oxygen atoms in total. The van der Waals surface area contributed by atoms with E-state index in [1.165, 1.54) is 0 Å². The Morgan fingerprint density at radius 2 is 2.15 bits per heavy atom. The van der Waals surface area contributed by atoms with E-state index in [-0.39, 0.29) is 5.91 Å². The van der Waals surface area contributed by atoms with Crippen LogP contribution in [-0.2, 0) is 16.0 Å². The second kappa shape index (κ2) is 10.3. The van der Waals surface area contributed by atoms with E-state index in [4.69, 9.17) is 15.2 Å². The van der Waals surface area contributed by atoms with Crippen LogP contribution in [0.4, 0.5) is 0 Å². The van der Waals surface area contributed by atoms with Crippen LogP contribution in [0, 0.1) is 0 Å². The predicted molar refractivity (Wildman–Crippen MR) is 76.4 cm³/mol. The Labute approximate surface area is 119 Å². The topological polar surface area (TPSA) is 86.5 Å². The van der Waals surface area contributed by atoms with E-state index in [1.807, 2.05) is 6.07 Å². The Hall–Kier alpha value is -1.50. The summed E-state index contributed by atoms with van der Waals surface area (Å²) in [5, 5.41) is 2.83. The first kappa shape index (κ1) is 16.6. The molecule has 0 atom stereocenters. The Balaban J connectivity index is 2.10. The van der Waals surface area contributed by atoms with Crippen LogP contribution in [0.2, 0.25) is 0 Å². The maximum Gasteiger partial charge on any atom is 0.269 e. The number of nitrogens with one attached hydrogen (secondary N) is 1. The molecule has 20 heavy (non-hydrogen) atoms. The number of rotatable bonds is 10. The Bertz CT molecular complexity index is 382. The third-order valence-electron chi connectivity index (χ3n) is 2.73. The fourth-order valence-corrected chi connectivity index (χ4v) is 1.55. The zero-order valence-corrected chi connectivity index (χ0v) is 11.9. The van der Waals surface area contributed by atoms with Crippen molar-refractivity contribution in [3.63, 3.8) is 0 Å². The van der Waals surface area contributed by atoms with Gasteiger partial charge in [0, 0.05) is 33.0 Å². The molecule has 6 heteroatoms. The molecule has 1 aromatic rings. The minimum atomic E-state index is -0.158. The Morgan fingerprint density at radius 1 is 1.30 bits per heavy atom. The minimum Gasteiger partial charge on any atom is -0.382 e. The number of nitrogens with two attached hydrogens (primary N) is 1. The summed E-state index contributed by atoms with van der Waals surface area (Å²) in [6.07, 6.45) is 3.40. The molecule has 1 heterocycles. The molecule has 0 saturated carbocycles. The minimum absolute atomic E-state index is 0.158. The zero-order valence-electron chi connectivity index (χ0n) is 11.9. The molecule has 112 valence electrons. The van der Waals surface area contributed by atoms with Crippen LogP contribution in [0.25, 0.3) is 0 Å². The van der Waals surface area contributed by atoms with Gasteiger partial charge in [-0.05, 0) is 24.5 Å². The highest BCUT2D eigenvalue weighted by atomic mass is 16.5. The number of methoxy groups -OCH3 is 1. The number of pyridine rings is 1. The van der Waals surface area contributed by atoms with Crippen LogP contribution < -0.4 is 11.1 Å². The lowest BCUT2D eigenvalue weighted by atomic mass is 10.2. The number of amides is 1. The van der Waals surface area contributed by atoms with Crippen molar-refractivity contribution < 1.29 is 14.3 Å². The third-order valence-corrected chi connectivity index (χ3v) is 2.73. The van der Waals surface area contributed by atoms with Gasteiger partial charge in [0.25, 0.3) is 5.91 Å². The van der Waals surface area contributed by atoms with Crippen LogP contribution in [0.5, 0.6) is 0 Å². The standard InChI is InChI=1S/C14H23N3O3/c1-19-8-9-20-7-3-2-6-16-14(18)13-5-4-12(10-15)11-17-13/h4-5,11H,2-3,6-10,15H2,1H3,(H,16,18). The first-order valence-corrected chi connectivity index (χ1v) is 6.77. The molecule has 0 radical (unpaired) electrons. The monoisotopic (exact) mass is 281 g/mol. The van der Waals surface area contributed by atoms with Gasteiger partial charge >= 0.3 is 0 Å². The van der Waals surface area contributed by atoms with E-state index < -0.39 is 0 Å². The van der Waals surface area contributed by atoms with E-state index in [0.717, 1.165) is 18.4 Å². The first-order chi connectivity index (χ1) is 9.77. The van der Waals surface area contributed by atoms with Gasteiger partial charge in [-0.3, -0.25) is 9.78 Å². The normalized spacial score (nSPS) is 10.5. The summed E-state index contributed by atoms with van der Waals surface area (Å²) in [5.74, 6) is -0.158. The quantitative estimate of drug-likeness (QED) is 0.617. The molecule has 0 bridgehead atoms. The highest BCUT2D eigenvalue weighted by Crippen LogP contribution is 1.99. The van der Waals surface area contributed by atoms with Crippen LogP contribution in [0.1, 0.15) is 28.9 Å². The number of hydrogen-bond acceptors (Lipinski definition) is 5. The number of carbonyl (C=O) groups excluding carboxylic acids is 1. The lowest BCUT2D eigenvalue weighted by Gasteiger charge is -2.06. The number of nitrogens with zero attached hydrogens (tertiary/aromatic N) is 1. The number of ether oxygens (including phenoxy) is 2. The average Bonchev–Trinajstić information content (AvgIpc) is 2.50. The molecule has 0 aliphatic carbocycles. The van der Waals surface area contributed by atoms with Crippen LogP contribution in [-0.4, -0.2) is 44.4 Å². The van der Waals surface area contributed by atoms with Crippen molar-refractivity contribution in [3.8, 4) is 0 Å². The number of carbonyl (C=O) groups is 1. The molecular formula is C14H23N3O3. The lowest BCUT2D eigenvalue weighted by Crippen LogP contribution is -2.25. The molecule has 1 aromatic heterocycles. The first-order valence-electron chi connectivity index (χ1n) is 6.77. The predicted octanol–water partition coefficient (Wildman–Crippen LogP) is 0.713. The number of aromatic nitrogens is 1. The molecule has 1 rings (SSSR count). The van der Waals surface area contributed by atoms with Crippen molar-refractivity contribution in [2.24, 2.45) is 5.73 Å². The molecule has 0 fully saturated rings. The van der Waals surface area contributed by atoms with Gasteiger partial charge in [0.2, 0.25) is 0 Å². The summed E-state index contributed by atoms with van der Waals surface area (Å²) in [5.41, 5.74) is 6.80. The van der Waals surface area contributed by atoms with E-state index in [0.29, 0.717) is 38.6 Å². The maximum absolute atomic E-state index is 11.8. The SMILES string of the molecule is COCCOCCCCNC(=O)c1ccc(CN)cn1. The fraction of sp³-hybridized carbons (Fsp3) is 0.571. The molecule has 0 spiro atoms. The summed E-state index contributed by atoms with van der Waals surface area (Å²) >= 11 is 0. The second-order valence-corrected chi connectivity index (χ2v) is 4.32. The maximum atomic E-state index is 11.8. The summed E-state index contributed by atoms with van der Waals surface area (Å²) in [6.45, 7) is 2.95. The summed E-state index contributed by atoms with van der Waals surface area (Å²) in [4.78, 5) is 15.8. The highest BCUT2D eigenvalue weighted by Gasteiger charge is 2.05. The Kier molecular flexibility index (Phi) is 8.53. The average molecular weight is 281 g/mol. The summed E-state index contributed by atoms with van der Waals surface area (Å²) in [7, 11) is 1.65. The summed E-state index contributed by atoms with van der Waals surface area (Å²) in [6, 6.07) is 3.50. The largest absolute Gasteiger partial charge is 0.382 e. The van der Waals surface area contributed by atoms with E-state index in [9.17, 15) is 4.79 Å². The smallest absolute Gasteiger partial charge is 0.269 e. The molecular weight excluding hydrogens is 258 g/mol. The fourth-order valence-electron chi connectivity index (χ4n) is 1.55. The van der Waals surface area contributed by atoms with E-state index >= 15 is 0 Å². The Morgan fingerprint density at radius 3 is 2.80 bits per heavy atom. The van der Waals surface area contributed by atoms with Gasteiger partial charge in [-0.1, -0.05) is 6.07 Å². The van der Waals surface area contributed by atoms with Crippen molar-refractivity contribution in [2.45, 2.75) is 19.4 Å². The number of unbranched alkanes of at least 4 members (excludes halogenated alkanes) is 1. The third kappa shape index (κ3) is 6.60. The number of hydrogen-bond donors (Lipinski definition) is 2. The van der Waals surface area contributed by atoms with Crippen LogP contribution in [0.15, 0.2) is 18.3 Å². The molecule has 0 unspecified atom stereocenters. The van der Waals surface area contributed by atoms with Crippen molar-refractivity contribution in [1.29, 1.82) is 0 Å². The van der Waals surface area contributed by atoms with E-state index in [2.05, 4.69) is 10.3 Å². The van der Waals surface area contributed by atoms with Crippen LogP contribution >= 0.6 is 0 Å².